The summed E-state index contributed by atoms with van der Waals surface area (Å²) in [6.45, 7) is 1.75. The van der Waals surface area contributed by atoms with E-state index >= 15 is 0 Å². The number of carbonyl (C=O) groups is 2. The Kier molecular flexibility index (Phi) is 6.88. The molecule has 0 bridgehead atoms. The van der Waals surface area contributed by atoms with Crippen molar-refractivity contribution in [3.05, 3.63) is 45.1 Å². The van der Waals surface area contributed by atoms with Crippen molar-refractivity contribution in [2.24, 2.45) is 0 Å². The molecule has 0 aliphatic heterocycles. The maximum absolute atomic E-state index is 12.6. The van der Waals surface area contributed by atoms with Crippen LogP contribution in [-0.2, 0) is 9.59 Å². The number of amides is 1. The van der Waals surface area contributed by atoms with Gasteiger partial charge in [0, 0.05) is 4.88 Å². The van der Waals surface area contributed by atoms with Crippen molar-refractivity contribution < 1.29 is 24.2 Å². The molecule has 26 heavy (non-hydrogen) atoms. The van der Waals surface area contributed by atoms with E-state index in [-0.39, 0.29) is 12.3 Å². The number of aliphatic carboxylic acids is 1. The molecule has 0 saturated heterocycles. The monoisotopic (exact) mass is 397 g/mol. The molecule has 0 fully saturated rings. The van der Waals surface area contributed by atoms with E-state index in [1.54, 1.807) is 37.3 Å². The zero-order valence-corrected chi connectivity index (χ0v) is 16.2. The highest BCUT2D eigenvalue weighted by molar-refractivity contribution is 7.16. The SMILES string of the molecule is COc1ccc(C(CC(=O)O)NC(=O)C(C)c2ccc(Cl)s2)cc1OC. The van der Waals surface area contributed by atoms with Gasteiger partial charge in [0.15, 0.2) is 11.5 Å². The third-order valence-corrected chi connectivity index (χ3v) is 5.33. The van der Waals surface area contributed by atoms with Crippen molar-refractivity contribution in [1.82, 2.24) is 5.32 Å². The van der Waals surface area contributed by atoms with Gasteiger partial charge in [0.05, 0.1) is 36.9 Å². The van der Waals surface area contributed by atoms with Gasteiger partial charge in [-0.25, -0.2) is 0 Å². The second kappa shape index (κ2) is 8.91. The lowest BCUT2D eigenvalue weighted by Crippen LogP contribution is -2.33. The summed E-state index contributed by atoms with van der Waals surface area (Å²) < 4.78 is 11.0. The van der Waals surface area contributed by atoms with Gasteiger partial charge in [-0.15, -0.1) is 11.3 Å². The summed E-state index contributed by atoms with van der Waals surface area (Å²) in [6, 6.07) is 7.88. The largest absolute Gasteiger partial charge is 0.493 e. The number of halogens is 1. The quantitative estimate of drug-likeness (QED) is 0.706. The second-order valence-electron chi connectivity index (χ2n) is 5.64. The molecule has 140 valence electrons. The molecule has 1 amide bonds. The number of carboxylic acids is 1. The first-order chi connectivity index (χ1) is 12.3. The van der Waals surface area contributed by atoms with Crippen LogP contribution in [0.15, 0.2) is 30.3 Å². The molecule has 0 saturated carbocycles. The Bertz CT molecular complexity index is 792. The Morgan fingerprint density at radius 1 is 1.19 bits per heavy atom. The molecule has 0 aliphatic carbocycles. The zero-order valence-electron chi connectivity index (χ0n) is 14.6. The van der Waals surface area contributed by atoms with Gasteiger partial charge < -0.3 is 19.9 Å². The molecule has 2 rings (SSSR count). The lowest BCUT2D eigenvalue weighted by molar-refractivity contribution is -0.137. The molecule has 1 aromatic carbocycles. The van der Waals surface area contributed by atoms with E-state index in [2.05, 4.69) is 5.32 Å². The zero-order chi connectivity index (χ0) is 19.3. The van der Waals surface area contributed by atoms with Crippen molar-refractivity contribution in [3.63, 3.8) is 0 Å². The lowest BCUT2D eigenvalue weighted by atomic mass is 10.0. The van der Waals surface area contributed by atoms with Gasteiger partial charge in [-0.2, -0.15) is 0 Å². The molecule has 1 aromatic heterocycles. The van der Waals surface area contributed by atoms with Gasteiger partial charge in [0.25, 0.3) is 0 Å². The fraction of sp³-hybridized carbons (Fsp3) is 0.333. The van der Waals surface area contributed by atoms with E-state index in [0.29, 0.717) is 21.4 Å². The van der Waals surface area contributed by atoms with Crippen LogP contribution < -0.4 is 14.8 Å². The van der Waals surface area contributed by atoms with Gasteiger partial charge >= 0.3 is 5.97 Å². The third kappa shape index (κ3) is 4.89. The normalized spacial score (nSPS) is 12.9. The van der Waals surface area contributed by atoms with E-state index in [1.165, 1.54) is 25.6 Å². The molecule has 6 nitrogen and oxygen atoms in total. The summed E-state index contributed by atoms with van der Waals surface area (Å²) in [4.78, 5) is 24.7. The molecule has 2 aromatic rings. The Labute approximate surface area is 160 Å². The molecule has 0 radical (unpaired) electrons. The standard InChI is InChI=1S/C18H20ClNO5S/c1-10(15-6-7-16(19)26-15)18(23)20-12(9-17(21)22)11-4-5-13(24-2)14(8-11)25-3/h4-8,10,12H,9H2,1-3H3,(H,20,23)(H,21,22). The van der Waals surface area contributed by atoms with Crippen LogP contribution in [0.4, 0.5) is 0 Å². The first-order valence-electron chi connectivity index (χ1n) is 7.85. The third-order valence-electron chi connectivity index (χ3n) is 3.92. The molecule has 2 atom stereocenters. The first kappa shape index (κ1) is 20.1. The van der Waals surface area contributed by atoms with Crippen molar-refractivity contribution >= 4 is 34.8 Å². The van der Waals surface area contributed by atoms with Crippen molar-refractivity contribution in [2.45, 2.75) is 25.3 Å². The highest BCUT2D eigenvalue weighted by atomic mass is 35.5. The Morgan fingerprint density at radius 2 is 1.88 bits per heavy atom. The summed E-state index contributed by atoms with van der Waals surface area (Å²) in [5.41, 5.74) is 0.620. The van der Waals surface area contributed by atoms with Crippen LogP contribution in [0.1, 0.15) is 35.7 Å². The van der Waals surface area contributed by atoms with Crippen LogP contribution >= 0.6 is 22.9 Å². The minimum Gasteiger partial charge on any atom is -0.493 e. The van der Waals surface area contributed by atoms with Crippen LogP contribution in [0.5, 0.6) is 11.5 Å². The van der Waals surface area contributed by atoms with Crippen molar-refractivity contribution in [3.8, 4) is 11.5 Å². The smallest absolute Gasteiger partial charge is 0.305 e. The van der Waals surface area contributed by atoms with Crippen LogP contribution in [0.25, 0.3) is 0 Å². The van der Waals surface area contributed by atoms with E-state index in [0.717, 1.165) is 4.88 Å². The van der Waals surface area contributed by atoms with Crippen molar-refractivity contribution in [2.75, 3.05) is 14.2 Å². The number of rotatable bonds is 8. The molecular formula is C18H20ClNO5S. The number of thiophene rings is 1. The number of methoxy groups -OCH3 is 2. The predicted molar refractivity (Wildman–Crippen MR) is 100 cm³/mol. The van der Waals surface area contributed by atoms with Gasteiger partial charge in [0.1, 0.15) is 0 Å². The fourth-order valence-electron chi connectivity index (χ4n) is 2.48. The number of carboxylic acid groups (broad SMARTS) is 1. The summed E-state index contributed by atoms with van der Waals surface area (Å²) in [5.74, 6) is -0.739. The van der Waals surface area contributed by atoms with Crippen LogP contribution in [0, 0.1) is 0 Å². The van der Waals surface area contributed by atoms with E-state index in [4.69, 9.17) is 21.1 Å². The lowest BCUT2D eigenvalue weighted by Gasteiger charge is -2.21. The minimum atomic E-state index is -1.02. The number of hydrogen-bond donors (Lipinski definition) is 2. The van der Waals surface area contributed by atoms with E-state index in [1.807, 2.05) is 0 Å². The highest BCUT2D eigenvalue weighted by Gasteiger charge is 2.24. The average Bonchev–Trinajstić information content (AvgIpc) is 3.05. The Balaban J connectivity index is 2.24. The molecule has 0 spiro atoms. The Morgan fingerprint density at radius 3 is 2.42 bits per heavy atom. The van der Waals surface area contributed by atoms with Crippen molar-refractivity contribution in [1.29, 1.82) is 0 Å². The van der Waals surface area contributed by atoms with Crippen LogP contribution in [0.3, 0.4) is 0 Å². The Hall–Kier alpha value is -2.25. The molecular weight excluding hydrogens is 378 g/mol. The molecule has 8 heteroatoms. The molecule has 2 N–H and O–H groups in total. The molecule has 0 aliphatic rings. The predicted octanol–water partition coefficient (Wildman–Crippen LogP) is 3.85. The molecule has 2 unspecified atom stereocenters. The number of hydrogen-bond acceptors (Lipinski definition) is 5. The van der Waals surface area contributed by atoms with E-state index < -0.39 is 17.9 Å². The minimum absolute atomic E-state index is 0.251. The summed E-state index contributed by atoms with van der Waals surface area (Å²) >= 11 is 7.25. The summed E-state index contributed by atoms with van der Waals surface area (Å²) in [7, 11) is 3.01. The van der Waals surface area contributed by atoms with Crippen LogP contribution in [-0.4, -0.2) is 31.2 Å². The second-order valence-corrected chi connectivity index (χ2v) is 7.38. The fourth-order valence-corrected chi connectivity index (χ4v) is 3.59. The average molecular weight is 398 g/mol. The van der Waals surface area contributed by atoms with Gasteiger partial charge in [-0.05, 0) is 36.8 Å². The number of ether oxygens (including phenoxy) is 2. The summed E-state index contributed by atoms with van der Waals surface area (Å²) in [5, 5.41) is 12.0. The van der Waals surface area contributed by atoms with Gasteiger partial charge in [-0.1, -0.05) is 17.7 Å². The highest BCUT2D eigenvalue weighted by Crippen LogP contribution is 2.32. The van der Waals surface area contributed by atoms with Crippen LogP contribution in [0.2, 0.25) is 4.34 Å². The maximum Gasteiger partial charge on any atom is 0.305 e. The summed E-state index contributed by atoms with van der Waals surface area (Å²) in [6.07, 6.45) is -0.251. The first-order valence-corrected chi connectivity index (χ1v) is 9.04. The molecule has 1 heterocycles. The number of benzene rings is 1. The number of carbonyl (C=O) groups excluding carboxylic acids is 1. The topological polar surface area (TPSA) is 84.9 Å². The number of nitrogens with one attached hydrogen (secondary N) is 1. The van der Waals surface area contributed by atoms with Gasteiger partial charge in [0.2, 0.25) is 5.91 Å². The van der Waals surface area contributed by atoms with Gasteiger partial charge in [-0.3, -0.25) is 9.59 Å². The maximum atomic E-state index is 12.6. The van der Waals surface area contributed by atoms with E-state index in [9.17, 15) is 14.7 Å².